The van der Waals surface area contributed by atoms with Crippen LogP contribution in [-0.4, -0.2) is 107 Å². The smallest absolute Gasteiger partial charge is 0.262 e. The highest BCUT2D eigenvalue weighted by atomic mass is 16.5. The van der Waals surface area contributed by atoms with Crippen LogP contribution in [0, 0.1) is 5.92 Å². The van der Waals surface area contributed by atoms with E-state index in [0.717, 1.165) is 22.0 Å². The molecule has 3 heterocycles. The van der Waals surface area contributed by atoms with E-state index in [1.165, 1.54) is 39.2 Å². The van der Waals surface area contributed by atoms with Gasteiger partial charge in [-0.1, -0.05) is 85.3 Å². The third-order valence-electron chi connectivity index (χ3n) is 10.5. The van der Waals surface area contributed by atoms with Crippen LogP contribution in [0.4, 0.5) is 11.5 Å². The molecule has 1 unspecified atom stereocenters. The second kappa shape index (κ2) is 26.6. The van der Waals surface area contributed by atoms with Crippen molar-refractivity contribution in [3.63, 3.8) is 0 Å². The van der Waals surface area contributed by atoms with Crippen molar-refractivity contribution in [2.75, 3.05) is 56.7 Å². The van der Waals surface area contributed by atoms with Crippen LogP contribution in [0.15, 0.2) is 90.7 Å². The molecule has 13 heteroatoms. The number of hydrogen-bond acceptors (Lipinski definition) is 10. The quantitative estimate of drug-likeness (QED) is 0.0690. The normalized spacial score (nSPS) is 14.9. The number of carbonyl (C=O) groups excluding carboxylic acids is 6. The average molecular weight is 881 g/mol. The lowest BCUT2D eigenvalue weighted by Crippen LogP contribution is -2.44. The topological polar surface area (TPSA) is 150 Å². The van der Waals surface area contributed by atoms with Crippen molar-refractivity contribution in [3.8, 4) is 0 Å². The number of unbranched alkanes of at least 4 members (excludes halogenated alkanes) is 1. The maximum absolute atomic E-state index is 13.7. The summed E-state index contributed by atoms with van der Waals surface area (Å²) in [6.45, 7) is 32.6. The molecule has 13 nitrogen and oxygen atoms in total. The lowest BCUT2D eigenvalue weighted by molar-refractivity contribution is -0.134. The fraction of sp³-hybridized carbons (Fsp3) is 0.471. The first-order valence-corrected chi connectivity index (χ1v) is 22.4. The molecule has 0 spiro atoms. The molecule has 1 fully saturated rings. The Morgan fingerprint density at radius 3 is 2.19 bits per heavy atom. The first-order valence-electron chi connectivity index (χ1n) is 22.4. The van der Waals surface area contributed by atoms with Gasteiger partial charge < -0.3 is 24.6 Å². The van der Waals surface area contributed by atoms with Crippen LogP contribution in [0.25, 0.3) is 5.70 Å². The number of nitrogens with zero attached hydrogens (tertiary/aromatic N) is 5. The summed E-state index contributed by atoms with van der Waals surface area (Å²) in [5.74, 6) is -0.737. The number of ether oxygens (including phenoxy) is 1. The Hall–Kier alpha value is -5.95. The van der Waals surface area contributed by atoms with Gasteiger partial charge in [0.25, 0.3) is 17.7 Å². The summed E-state index contributed by atoms with van der Waals surface area (Å²) in [5.41, 5.74) is 5.05. The van der Waals surface area contributed by atoms with E-state index in [-0.39, 0.29) is 73.7 Å². The molecular formula is C51H72N6O7. The number of pyridine rings is 1. The van der Waals surface area contributed by atoms with Crippen LogP contribution in [0.2, 0.25) is 0 Å². The van der Waals surface area contributed by atoms with Crippen molar-refractivity contribution in [1.29, 1.82) is 0 Å². The average Bonchev–Trinajstić information content (AvgIpc) is 3.71. The van der Waals surface area contributed by atoms with Gasteiger partial charge in [0.15, 0.2) is 5.78 Å². The number of ketones is 2. The SMILES string of the molecule is C=CN(CC)C(=C)c1cccc(N2CC(=C(/C)CN(C)C(=O)COCCNc3ccc4c(c3)C(=O)N(C(CCC(C)=O)C(C)=O)C4=O)/C(=C\C(=C)C)C2=O)n1.CC.CCCCC(C)C. The molecule has 1 atom stereocenters. The van der Waals surface area contributed by atoms with Crippen LogP contribution in [0.5, 0.6) is 0 Å². The number of allylic oxidation sites excluding steroid dienone is 2. The number of amides is 4. The van der Waals surface area contributed by atoms with E-state index in [1.54, 1.807) is 47.3 Å². The number of nitrogens with one attached hydrogen (secondary N) is 1. The minimum absolute atomic E-state index is 0.0772. The Morgan fingerprint density at radius 2 is 1.62 bits per heavy atom. The molecule has 2 aromatic rings. The van der Waals surface area contributed by atoms with E-state index in [4.69, 9.17) is 9.72 Å². The van der Waals surface area contributed by atoms with Crippen LogP contribution in [0.1, 0.15) is 128 Å². The number of Topliss-reactive ketones (excluding diaryl/α,β-unsaturated/α-hetero) is 2. The molecule has 0 aliphatic carbocycles. The van der Waals surface area contributed by atoms with Gasteiger partial charge in [0, 0.05) is 44.4 Å². The zero-order valence-corrected chi connectivity index (χ0v) is 40.3. The van der Waals surface area contributed by atoms with Crippen molar-refractivity contribution >= 4 is 52.4 Å². The van der Waals surface area contributed by atoms with Crippen LogP contribution in [0.3, 0.4) is 0 Å². The Bertz CT molecular complexity index is 2100. The van der Waals surface area contributed by atoms with Crippen molar-refractivity contribution in [2.24, 2.45) is 5.92 Å². The summed E-state index contributed by atoms with van der Waals surface area (Å²) in [6, 6.07) is 9.16. The van der Waals surface area contributed by atoms with Gasteiger partial charge in [-0.15, -0.1) is 0 Å². The largest absolute Gasteiger partial charge is 0.383 e. The van der Waals surface area contributed by atoms with E-state index in [9.17, 15) is 28.8 Å². The molecule has 348 valence electrons. The maximum atomic E-state index is 13.7. The van der Waals surface area contributed by atoms with Crippen molar-refractivity contribution in [2.45, 2.75) is 107 Å². The first kappa shape index (κ1) is 54.2. The lowest BCUT2D eigenvalue weighted by atomic mass is 10.0. The van der Waals surface area contributed by atoms with Gasteiger partial charge >= 0.3 is 0 Å². The van der Waals surface area contributed by atoms with E-state index >= 15 is 0 Å². The predicted molar refractivity (Wildman–Crippen MR) is 258 cm³/mol. The lowest BCUT2D eigenvalue weighted by Gasteiger charge is -2.23. The molecule has 2 aliphatic heterocycles. The number of carbonyl (C=O) groups is 6. The molecular weight excluding hydrogens is 809 g/mol. The van der Waals surface area contributed by atoms with Crippen molar-refractivity contribution in [1.82, 2.24) is 19.7 Å². The van der Waals surface area contributed by atoms with Gasteiger partial charge in [0.2, 0.25) is 5.91 Å². The molecule has 4 rings (SSSR count). The summed E-state index contributed by atoms with van der Waals surface area (Å²) < 4.78 is 5.65. The molecule has 1 aromatic heterocycles. The Kier molecular flexibility index (Phi) is 22.5. The van der Waals surface area contributed by atoms with Crippen LogP contribution < -0.4 is 10.2 Å². The number of likely N-dealkylation sites (N-methyl/N-ethyl adjacent to an activating group) is 1. The standard InChI is InChI=1S/C42H50N6O7.C7H16.C2H6/c1-10-46(11-2)29(7)36-13-12-14-38(44-36)47-24-35(33(40(47)52)21-26(3)4)27(5)23-45(9)39(51)25-55-20-19-43-31-16-17-32-34(22-31)42(54)48(41(32)53)37(30(8)50)18-15-28(6)49;1-4-5-6-7(2)3;1-2/h10,12-14,16-17,21-22,37,43H,1,3,7,11,15,18-20,23-25H2,2,4-6,8-9H3;7H,4-6H2,1-3H3;1-2H3/b33-21+,35-27+;;. The zero-order valence-electron chi connectivity index (χ0n) is 40.3. The third-order valence-corrected chi connectivity index (χ3v) is 10.5. The number of benzene rings is 1. The number of rotatable bonds is 22. The molecule has 1 N–H and O–H groups in total. The Morgan fingerprint density at radius 1 is 0.953 bits per heavy atom. The van der Waals surface area contributed by atoms with E-state index in [1.807, 2.05) is 51.7 Å². The van der Waals surface area contributed by atoms with Crippen LogP contribution in [-0.2, 0) is 23.9 Å². The number of hydrogen-bond donors (Lipinski definition) is 1. The minimum atomic E-state index is -1.01. The van der Waals surface area contributed by atoms with Crippen molar-refractivity contribution in [3.05, 3.63) is 108 Å². The second-order valence-corrected chi connectivity index (χ2v) is 16.2. The molecule has 1 aromatic carbocycles. The zero-order chi connectivity index (χ0) is 48.3. The summed E-state index contributed by atoms with van der Waals surface area (Å²) in [7, 11) is 1.67. The highest BCUT2D eigenvalue weighted by Crippen LogP contribution is 2.32. The first-order chi connectivity index (χ1) is 30.4. The van der Waals surface area contributed by atoms with E-state index in [0.29, 0.717) is 47.1 Å². The number of fused-ring (bicyclic) bond motifs is 1. The molecule has 0 saturated carbocycles. The highest BCUT2D eigenvalue weighted by molar-refractivity contribution is 6.23. The number of imide groups is 1. The molecule has 0 bridgehead atoms. The van der Waals surface area contributed by atoms with Gasteiger partial charge in [0.05, 0.1) is 41.7 Å². The van der Waals surface area contributed by atoms with Gasteiger partial charge in [-0.25, -0.2) is 4.98 Å². The van der Waals surface area contributed by atoms with E-state index in [2.05, 4.69) is 45.8 Å². The van der Waals surface area contributed by atoms with Gasteiger partial charge in [0.1, 0.15) is 18.2 Å². The molecule has 4 amide bonds. The second-order valence-electron chi connectivity index (χ2n) is 16.2. The predicted octanol–water partition coefficient (Wildman–Crippen LogP) is 9.05. The fourth-order valence-corrected chi connectivity index (χ4v) is 7.04. The summed E-state index contributed by atoms with van der Waals surface area (Å²) in [4.78, 5) is 87.5. The maximum Gasteiger partial charge on any atom is 0.262 e. The summed E-state index contributed by atoms with van der Waals surface area (Å²) in [6.07, 6.45) is 7.74. The summed E-state index contributed by atoms with van der Waals surface area (Å²) >= 11 is 0. The van der Waals surface area contributed by atoms with E-state index < -0.39 is 17.9 Å². The van der Waals surface area contributed by atoms with Crippen molar-refractivity contribution < 1.29 is 33.5 Å². The molecule has 64 heavy (non-hydrogen) atoms. The minimum Gasteiger partial charge on any atom is -0.383 e. The van der Waals surface area contributed by atoms with Crippen LogP contribution >= 0.6 is 0 Å². The fourth-order valence-electron chi connectivity index (χ4n) is 7.04. The Labute approximate surface area is 382 Å². The highest BCUT2D eigenvalue weighted by Gasteiger charge is 2.42. The monoisotopic (exact) mass is 881 g/mol. The molecule has 0 radical (unpaired) electrons. The Balaban J connectivity index is 0.00000142. The number of anilines is 2. The number of aromatic nitrogens is 1. The molecule has 2 aliphatic rings. The van der Waals surface area contributed by atoms with Gasteiger partial charge in [-0.2, -0.15) is 0 Å². The third kappa shape index (κ3) is 15.1. The summed E-state index contributed by atoms with van der Waals surface area (Å²) in [5, 5.41) is 3.13. The van der Waals surface area contributed by atoms with Gasteiger partial charge in [-0.3, -0.25) is 33.8 Å². The van der Waals surface area contributed by atoms with Gasteiger partial charge in [-0.05, 0) is 101 Å². The molecule has 1 saturated heterocycles.